The monoisotopic (exact) mass is 364 g/mol. The van der Waals surface area contributed by atoms with Crippen molar-refractivity contribution in [3.63, 3.8) is 0 Å². The topological polar surface area (TPSA) is 87.3 Å². The zero-order chi connectivity index (χ0) is 18.6. The molecule has 138 valence electrons. The van der Waals surface area contributed by atoms with Gasteiger partial charge in [0.1, 0.15) is 18.5 Å². The van der Waals surface area contributed by atoms with E-state index in [1.165, 1.54) is 0 Å². The zero-order valence-electron chi connectivity index (χ0n) is 14.7. The van der Waals surface area contributed by atoms with Crippen LogP contribution in [0.1, 0.15) is 11.4 Å². The summed E-state index contributed by atoms with van der Waals surface area (Å²) in [4.78, 5) is 34.2. The molecular formula is C20H20N4O3. The lowest BCUT2D eigenvalue weighted by Crippen LogP contribution is -2.55. The Morgan fingerprint density at radius 3 is 2.78 bits per heavy atom. The van der Waals surface area contributed by atoms with Gasteiger partial charge in [-0.05, 0) is 17.7 Å². The summed E-state index contributed by atoms with van der Waals surface area (Å²) < 4.78 is 5.31. The maximum absolute atomic E-state index is 12.7. The van der Waals surface area contributed by atoms with Crippen LogP contribution in [0.4, 0.5) is 0 Å². The first-order chi connectivity index (χ1) is 13.2. The van der Waals surface area contributed by atoms with Crippen molar-refractivity contribution in [2.75, 3.05) is 13.2 Å². The molecule has 1 saturated heterocycles. The Labute approximate surface area is 156 Å². The molecule has 0 saturated carbocycles. The van der Waals surface area contributed by atoms with Gasteiger partial charge >= 0.3 is 0 Å². The third kappa shape index (κ3) is 3.83. The molecule has 1 fully saturated rings. The van der Waals surface area contributed by atoms with E-state index in [4.69, 9.17) is 4.74 Å². The second-order valence-electron chi connectivity index (χ2n) is 6.46. The van der Waals surface area contributed by atoms with Gasteiger partial charge in [-0.25, -0.2) is 4.98 Å². The lowest BCUT2D eigenvalue weighted by atomic mass is 10.1. The fourth-order valence-corrected chi connectivity index (χ4v) is 3.18. The highest BCUT2D eigenvalue weighted by Gasteiger charge is 2.34. The normalized spacial score (nSPS) is 17.3. The van der Waals surface area contributed by atoms with E-state index in [1.54, 1.807) is 4.90 Å². The fraction of sp³-hybridized carbons (Fsp3) is 0.250. The number of nitrogens with zero attached hydrogens (tertiary/aromatic N) is 2. The molecule has 1 aliphatic heterocycles. The van der Waals surface area contributed by atoms with Crippen LogP contribution in [0.5, 0.6) is 0 Å². The van der Waals surface area contributed by atoms with Gasteiger partial charge in [0.2, 0.25) is 11.8 Å². The number of rotatable bonds is 5. The average molecular weight is 364 g/mol. The fourth-order valence-electron chi connectivity index (χ4n) is 3.18. The molecule has 0 aliphatic carbocycles. The van der Waals surface area contributed by atoms with Gasteiger partial charge in [-0.2, -0.15) is 0 Å². The Balaban J connectivity index is 1.44. The number of benzene rings is 2. The van der Waals surface area contributed by atoms with Crippen molar-refractivity contribution >= 4 is 22.8 Å². The molecule has 1 aromatic heterocycles. The standard InChI is InChI=1S/C20H20N4O3/c25-19-13-27-12-17(24(19)11-14-6-2-1-3-7-14)20(26)21-10-18-22-15-8-4-5-9-16(15)23-18/h1-9,17H,10-13H2,(H,21,26)(H,22,23). The number of ether oxygens (including phenoxy) is 1. The van der Waals surface area contributed by atoms with Crippen LogP contribution < -0.4 is 5.32 Å². The largest absolute Gasteiger partial charge is 0.369 e. The van der Waals surface area contributed by atoms with E-state index in [2.05, 4.69) is 15.3 Å². The highest BCUT2D eigenvalue weighted by Crippen LogP contribution is 2.14. The molecule has 27 heavy (non-hydrogen) atoms. The van der Waals surface area contributed by atoms with Gasteiger partial charge < -0.3 is 19.9 Å². The average Bonchev–Trinajstić information content (AvgIpc) is 3.11. The summed E-state index contributed by atoms with van der Waals surface area (Å²) in [6.07, 6.45) is 0. The molecule has 1 atom stereocenters. The van der Waals surface area contributed by atoms with Gasteiger partial charge in [-0.1, -0.05) is 42.5 Å². The van der Waals surface area contributed by atoms with E-state index in [-0.39, 0.29) is 31.6 Å². The van der Waals surface area contributed by atoms with Gasteiger partial charge in [-0.15, -0.1) is 0 Å². The molecule has 1 unspecified atom stereocenters. The molecule has 2 aromatic carbocycles. The minimum Gasteiger partial charge on any atom is -0.369 e. The molecule has 3 aromatic rings. The van der Waals surface area contributed by atoms with Crippen molar-refractivity contribution < 1.29 is 14.3 Å². The third-order valence-electron chi connectivity index (χ3n) is 4.56. The number of fused-ring (bicyclic) bond motifs is 1. The van der Waals surface area contributed by atoms with E-state index in [1.807, 2.05) is 54.6 Å². The summed E-state index contributed by atoms with van der Waals surface area (Å²) in [5.41, 5.74) is 2.75. The second kappa shape index (κ2) is 7.59. The van der Waals surface area contributed by atoms with Crippen LogP contribution in [0.3, 0.4) is 0 Å². The molecule has 0 bridgehead atoms. The highest BCUT2D eigenvalue weighted by molar-refractivity contribution is 5.89. The van der Waals surface area contributed by atoms with Crippen LogP contribution in [-0.2, 0) is 27.4 Å². The summed E-state index contributed by atoms with van der Waals surface area (Å²) in [6.45, 7) is 0.827. The van der Waals surface area contributed by atoms with Crippen LogP contribution in [-0.4, -0.2) is 45.9 Å². The van der Waals surface area contributed by atoms with Gasteiger partial charge in [-0.3, -0.25) is 9.59 Å². The molecule has 2 amide bonds. The first-order valence-electron chi connectivity index (χ1n) is 8.83. The third-order valence-corrected chi connectivity index (χ3v) is 4.56. The number of H-pyrrole nitrogens is 1. The Morgan fingerprint density at radius 2 is 1.96 bits per heavy atom. The van der Waals surface area contributed by atoms with E-state index < -0.39 is 6.04 Å². The van der Waals surface area contributed by atoms with E-state index in [0.29, 0.717) is 12.4 Å². The lowest BCUT2D eigenvalue weighted by Gasteiger charge is -2.34. The van der Waals surface area contributed by atoms with E-state index in [0.717, 1.165) is 16.6 Å². The number of nitrogens with one attached hydrogen (secondary N) is 2. The lowest BCUT2D eigenvalue weighted by molar-refractivity contribution is -0.155. The Hall–Kier alpha value is -3.19. The number of para-hydroxylation sites is 2. The van der Waals surface area contributed by atoms with Crippen molar-refractivity contribution in [2.45, 2.75) is 19.1 Å². The molecule has 2 heterocycles. The Bertz CT molecular complexity index is 921. The maximum Gasteiger partial charge on any atom is 0.249 e. The van der Waals surface area contributed by atoms with Crippen molar-refractivity contribution in [1.82, 2.24) is 20.2 Å². The first kappa shape index (κ1) is 17.2. The number of aromatic nitrogens is 2. The number of imidazole rings is 1. The number of carbonyl (C=O) groups is 2. The van der Waals surface area contributed by atoms with Crippen LogP contribution >= 0.6 is 0 Å². The molecular weight excluding hydrogens is 344 g/mol. The SMILES string of the molecule is O=C(NCc1nc2ccccc2[nH]1)C1COCC(=O)N1Cc1ccccc1. The van der Waals surface area contributed by atoms with Crippen molar-refractivity contribution in [3.05, 3.63) is 66.0 Å². The Kier molecular flexibility index (Phi) is 4.84. The number of aromatic amines is 1. The molecule has 1 aliphatic rings. The number of amides is 2. The summed E-state index contributed by atoms with van der Waals surface area (Å²) in [5.74, 6) is 0.232. The van der Waals surface area contributed by atoms with Crippen LogP contribution in [0.15, 0.2) is 54.6 Å². The van der Waals surface area contributed by atoms with E-state index >= 15 is 0 Å². The van der Waals surface area contributed by atoms with Gasteiger partial charge in [0.15, 0.2) is 0 Å². The summed E-state index contributed by atoms with van der Waals surface area (Å²) in [6, 6.07) is 16.6. The Morgan fingerprint density at radius 1 is 1.19 bits per heavy atom. The molecule has 7 heteroatoms. The van der Waals surface area contributed by atoms with Crippen LogP contribution in [0, 0.1) is 0 Å². The number of hydrogen-bond donors (Lipinski definition) is 2. The van der Waals surface area contributed by atoms with Gasteiger partial charge in [0.05, 0.1) is 24.2 Å². The van der Waals surface area contributed by atoms with Crippen LogP contribution in [0.2, 0.25) is 0 Å². The predicted octanol–water partition coefficient (Wildman–Crippen LogP) is 1.61. The molecule has 2 N–H and O–H groups in total. The zero-order valence-corrected chi connectivity index (χ0v) is 14.7. The highest BCUT2D eigenvalue weighted by atomic mass is 16.5. The van der Waals surface area contributed by atoms with Gasteiger partial charge in [0.25, 0.3) is 0 Å². The van der Waals surface area contributed by atoms with Crippen LogP contribution in [0.25, 0.3) is 11.0 Å². The van der Waals surface area contributed by atoms with Gasteiger partial charge in [0, 0.05) is 6.54 Å². The number of morpholine rings is 1. The summed E-state index contributed by atoms with van der Waals surface area (Å²) >= 11 is 0. The second-order valence-corrected chi connectivity index (χ2v) is 6.46. The number of carbonyl (C=O) groups excluding carboxylic acids is 2. The molecule has 0 radical (unpaired) electrons. The summed E-state index contributed by atoms with van der Waals surface area (Å²) in [5, 5.41) is 2.86. The summed E-state index contributed by atoms with van der Waals surface area (Å²) in [7, 11) is 0. The quantitative estimate of drug-likeness (QED) is 0.720. The van der Waals surface area contributed by atoms with E-state index in [9.17, 15) is 9.59 Å². The smallest absolute Gasteiger partial charge is 0.249 e. The molecule has 4 rings (SSSR count). The maximum atomic E-state index is 12.7. The predicted molar refractivity (Wildman–Crippen MR) is 99.5 cm³/mol. The molecule has 7 nitrogen and oxygen atoms in total. The van der Waals surface area contributed by atoms with Crippen molar-refractivity contribution in [1.29, 1.82) is 0 Å². The molecule has 0 spiro atoms. The minimum absolute atomic E-state index is 0.000185. The number of hydrogen-bond acceptors (Lipinski definition) is 4. The first-order valence-corrected chi connectivity index (χ1v) is 8.83. The van der Waals surface area contributed by atoms with Crippen molar-refractivity contribution in [2.24, 2.45) is 0 Å². The van der Waals surface area contributed by atoms with Crippen molar-refractivity contribution in [3.8, 4) is 0 Å². The minimum atomic E-state index is -0.657.